The van der Waals surface area contributed by atoms with E-state index in [1.54, 1.807) is 0 Å². The first-order valence-corrected chi connectivity index (χ1v) is 8.98. The Morgan fingerprint density at radius 3 is 2.05 bits per heavy atom. The second-order valence-electron chi connectivity index (χ2n) is 7.11. The molecule has 1 aliphatic heterocycles. The highest BCUT2D eigenvalue weighted by Gasteiger charge is 2.73. The zero-order valence-electron chi connectivity index (χ0n) is 12.0. The normalized spacial score (nSPS) is 36.5. The summed E-state index contributed by atoms with van der Waals surface area (Å²) in [5, 5.41) is 0. The second kappa shape index (κ2) is 4.22. The zero-order valence-corrected chi connectivity index (χ0v) is 14.2. The molecule has 1 saturated heterocycles. The number of hydrogen-bond donors (Lipinski definition) is 0. The van der Waals surface area contributed by atoms with E-state index in [-0.39, 0.29) is 29.1 Å². The molecule has 0 unspecified atom stereocenters. The highest BCUT2D eigenvalue weighted by atomic mass is 127. The first-order chi connectivity index (χ1) is 10.6. The van der Waals surface area contributed by atoms with Gasteiger partial charge in [0, 0.05) is 3.57 Å². The minimum Gasteiger partial charge on any atom is -0.278 e. The third-order valence-electron chi connectivity index (χ3n) is 6.20. The Morgan fingerprint density at radius 1 is 1.00 bits per heavy atom. The number of fused-ring (bicyclic) bond motifs is 3. The van der Waals surface area contributed by atoms with Crippen LogP contribution in [0.1, 0.15) is 18.4 Å². The molecule has 1 aromatic carbocycles. The Hall–Kier alpha value is -1.17. The van der Waals surface area contributed by atoms with E-state index >= 15 is 0 Å². The topological polar surface area (TPSA) is 37.4 Å². The fraction of sp³-hybridized carbons (Fsp3) is 0.444. The lowest BCUT2D eigenvalue weighted by Crippen LogP contribution is -2.34. The van der Waals surface area contributed by atoms with Crippen molar-refractivity contribution in [1.29, 1.82) is 0 Å². The maximum atomic E-state index is 12.8. The van der Waals surface area contributed by atoms with Crippen LogP contribution in [0.4, 0.5) is 0 Å². The van der Waals surface area contributed by atoms with Crippen molar-refractivity contribution in [3.63, 3.8) is 0 Å². The number of hydrogen-bond acceptors (Lipinski definition) is 2. The van der Waals surface area contributed by atoms with Crippen LogP contribution < -0.4 is 0 Å². The predicted molar refractivity (Wildman–Crippen MR) is 89.5 cm³/mol. The standard InChI is InChI=1S/C18H16INO2/c19-11-3-1-10(2-4-11)9-20-16(21)14-12-5-6-13(15(14)17(20)22)18(12)7-8-18/h1-6,12-15H,7-9H2/t12-,13-,14-,15+/m1/s1. The zero-order chi connectivity index (χ0) is 15.1. The van der Waals surface area contributed by atoms with Crippen molar-refractivity contribution in [2.24, 2.45) is 29.1 Å². The molecule has 3 fully saturated rings. The monoisotopic (exact) mass is 405 g/mol. The number of likely N-dealkylation sites (tertiary alicyclic amines) is 1. The maximum absolute atomic E-state index is 12.8. The van der Waals surface area contributed by atoms with Crippen LogP contribution in [-0.4, -0.2) is 16.7 Å². The van der Waals surface area contributed by atoms with Gasteiger partial charge in [-0.3, -0.25) is 14.5 Å². The van der Waals surface area contributed by atoms with Gasteiger partial charge in [0.25, 0.3) is 0 Å². The van der Waals surface area contributed by atoms with Crippen molar-refractivity contribution in [1.82, 2.24) is 4.90 Å². The quantitative estimate of drug-likeness (QED) is 0.431. The fourth-order valence-corrected chi connectivity index (χ4v) is 5.43. The fourth-order valence-electron chi connectivity index (χ4n) is 5.07. The molecule has 4 atom stereocenters. The van der Waals surface area contributed by atoms with Crippen LogP contribution >= 0.6 is 22.6 Å². The molecule has 0 aromatic heterocycles. The SMILES string of the molecule is O=C1[C@@H]2[C@H](C(=O)N1Cc1ccc(I)cc1)[C@H]1C=C[C@H]2C12CC2. The van der Waals surface area contributed by atoms with E-state index < -0.39 is 0 Å². The summed E-state index contributed by atoms with van der Waals surface area (Å²) in [7, 11) is 0. The molecule has 1 spiro atoms. The second-order valence-corrected chi connectivity index (χ2v) is 8.36. The molecule has 2 saturated carbocycles. The minimum atomic E-state index is -0.0751. The van der Waals surface area contributed by atoms with Crippen LogP contribution in [0.15, 0.2) is 36.4 Å². The number of amides is 2. The summed E-state index contributed by atoms with van der Waals surface area (Å²) in [6.45, 7) is 0.425. The number of carbonyl (C=O) groups excluding carboxylic acids is 2. The van der Waals surface area contributed by atoms with Crippen molar-refractivity contribution >= 4 is 34.4 Å². The summed E-state index contributed by atoms with van der Waals surface area (Å²) in [6.07, 6.45) is 6.83. The number of rotatable bonds is 2. The summed E-state index contributed by atoms with van der Waals surface area (Å²) >= 11 is 2.26. The molecule has 112 valence electrons. The van der Waals surface area contributed by atoms with Crippen LogP contribution in [0.5, 0.6) is 0 Å². The number of allylic oxidation sites excluding steroid dienone is 2. The summed E-state index contributed by atoms with van der Waals surface area (Å²) < 4.78 is 1.16. The smallest absolute Gasteiger partial charge is 0.234 e. The molecular formula is C18H16INO2. The number of benzene rings is 1. The van der Waals surface area contributed by atoms with Crippen molar-refractivity contribution < 1.29 is 9.59 Å². The highest BCUT2D eigenvalue weighted by Crippen LogP contribution is 2.73. The summed E-state index contributed by atoms with van der Waals surface area (Å²) in [5.74, 6) is 0.623. The third kappa shape index (κ3) is 1.52. The van der Waals surface area contributed by atoms with Gasteiger partial charge in [-0.05, 0) is 70.4 Å². The van der Waals surface area contributed by atoms with Crippen molar-refractivity contribution in [3.05, 3.63) is 45.6 Å². The van der Waals surface area contributed by atoms with Crippen LogP contribution in [-0.2, 0) is 16.1 Å². The van der Waals surface area contributed by atoms with E-state index in [1.807, 2.05) is 24.3 Å². The molecule has 2 amide bonds. The molecule has 0 radical (unpaired) electrons. The summed E-state index contributed by atoms with van der Waals surface area (Å²) in [5.41, 5.74) is 1.32. The number of nitrogens with zero attached hydrogens (tertiary/aromatic N) is 1. The lowest BCUT2D eigenvalue weighted by atomic mass is 9.85. The maximum Gasteiger partial charge on any atom is 0.234 e. The molecule has 4 heteroatoms. The van der Waals surface area contributed by atoms with E-state index in [9.17, 15) is 9.59 Å². The molecule has 1 heterocycles. The van der Waals surface area contributed by atoms with Gasteiger partial charge in [0.2, 0.25) is 11.8 Å². The van der Waals surface area contributed by atoms with Gasteiger partial charge in [0.05, 0.1) is 18.4 Å². The molecule has 4 aliphatic rings. The Morgan fingerprint density at radius 2 is 1.55 bits per heavy atom. The highest BCUT2D eigenvalue weighted by molar-refractivity contribution is 14.1. The Kier molecular flexibility index (Phi) is 2.55. The third-order valence-corrected chi connectivity index (χ3v) is 6.92. The minimum absolute atomic E-state index is 0.0664. The van der Waals surface area contributed by atoms with Gasteiger partial charge in [-0.2, -0.15) is 0 Å². The number of carbonyl (C=O) groups is 2. The molecule has 22 heavy (non-hydrogen) atoms. The van der Waals surface area contributed by atoms with Crippen LogP contribution in [0, 0.1) is 32.7 Å². The molecule has 0 N–H and O–H groups in total. The van der Waals surface area contributed by atoms with Gasteiger partial charge in [-0.25, -0.2) is 0 Å². The van der Waals surface area contributed by atoms with Crippen molar-refractivity contribution in [2.45, 2.75) is 19.4 Å². The predicted octanol–water partition coefficient (Wildman–Crippen LogP) is 2.99. The average Bonchev–Trinajstić information content (AvgIpc) is 3.12. The molecule has 2 bridgehead atoms. The van der Waals surface area contributed by atoms with Gasteiger partial charge < -0.3 is 0 Å². The van der Waals surface area contributed by atoms with Gasteiger partial charge in [-0.15, -0.1) is 0 Å². The molecule has 5 rings (SSSR count). The molecule has 1 aromatic rings. The van der Waals surface area contributed by atoms with Gasteiger partial charge >= 0.3 is 0 Å². The lowest BCUT2D eigenvalue weighted by molar-refractivity contribution is -0.141. The van der Waals surface area contributed by atoms with E-state index in [2.05, 4.69) is 34.7 Å². The van der Waals surface area contributed by atoms with E-state index in [4.69, 9.17) is 0 Å². The van der Waals surface area contributed by atoms with Crippen LogP contribution in [0.3, 0.4) is 0 Å². The summed E-state index contributed by atoms with van der Waals surface area (Å²) in [6, 6.07) is 8.05. The Bertz CT molecular complexity index is 685. The summed E-state index contributed by atoms with van der Waals surface area (Å²) in [4.78, 5) is 27.2. The molecular weight excluding hydrogens is 389 g/mol. The Labute approximate surface area is 142 Å². The first-order valence-electron chi connectivity index (χ1n) is 7.90. The van der Waals surface area contributed by atoms with Crippen LogP contribution in [0.2, 0.25) is 0 Å². The number of halogens is 1. The van der Waals surface area contributed by atoms with E-state index in [1.165, 1.54) is 17.7 Å². The van der Waals surface area contributed by atoms with Crippen molar-refractivity contribution in [3.8, 4) is 0 Å². The van der Waals surface area contributed by atoms with E-state index in [0.29, 0.717) is 18.4 Å². The first kappa shape index (κ1) is 13.3. The molecule has 3 aliphatic carbocycles. The lowest BCUT2D eigenvalue weighted by Gasteiger charge is -2.21. The average molecular weight is 405 g/mol. The van der Waals surface area contributed by atoms with Crippen LogP contribution in [0.25, 0.3) is 0 Å². The Balaban J connectivity index is 1.45. The van der Waals surface area contributed by atoms with Gasteiger partial charge in [0.1, 0.15) is 0 Å². The van der Waals surface area contributed by atoms with Gasteiger partial charge in [0.15, 0.2) is 0 Å². The van der Waals surface area contributed by atoms with E-state index in [0.717, 1.165) is 9.13 Å². The van der Waals surface area contributed by atoms with Crippen molar-refractivity contribution in [2.75, 3.05) is 0 Å². The number of imide groups is 1. The van der Waals surface area contributed by atoms with Gasteiger partial charge in [-0.1, -0.05) is 24.3 Å². The molecule has 3 nitrogen and oxygen atoms in total. The largest absolute Gasteiger partial charge is 0.278 e.